The molecule has 0 saturated heterocycles. The lowest BCUT2D eigenvalue weighted by Gasteiger charge is -2.11. The SMILES string of the molecule is c1ccc2cc(ONc3ccc(NOc4ccc5ccccc5c4)cc3)ccc2c1. The fraction of sp³-hybridized carbons (Fsp3) is 0. The zero-order chi connectivity index (χ0) is 20.2. The Labute approximate surface area is 174 Å². The molecule has 0 spiro atoms. The normalized spacial score (nSPS) is 10.7. The van der Waals surface area contributed by atoms with Gasteiger partial charge in [0.2, 0.25) is 0 Å². The van der Waals surface area contributed by atoms with Crippen molar-refractivity contribution in [3.05, 3.63) is 109 Å². The molecule has 0 radical (unpaired) electrons. The maximum absolute atomic E-state index is 5.71. The first-order valence-corrected chi connectivity index (χ1v) is 9.77. The quantitative estimate of drug-likeness (QED) is 0.312. The highest BCUT2D eigenvalue weighted by atomic mass is 16.6. The summed E-state index contributed by atoms with van der Waals surface area (Å²) in [7, 11) is 0. The lowest BCUT2D eigenvalue weighted by atomic mass is 10.1. The van der Waals surface area contributed by atoms with E-state index in [1.807, 2.05) is 84.9 Å². The predicted molar refractivity (Wildman–Crippen MR) is 123 cm³/mol. The summed E-state index contributed by atoms with van der Waals surface area (Å²) >= 11 is 0. The van der Waals surface area contributed by atoms with Crippen LogP contribution in [0.1, 0.15) is 0 Å². The highest BCUT2D eigenvalue weighted by Crippen LogP contribution is 2.23. The Balaban J connectivity index is 1.19. The van der Waals surface area contributed by atoms with E-state index in [9.17, 15) is 0 Å². The number of hydrogen-bond donors (Lipinski definition) is 2. The van der Waals surface area contributed by atoms with Gasteiger partial charge < -0.3 is 9.68 Å². The number of rotatable bonds is 6. The van der Waals surface area contributed by atoms with E-state index in [4.69, 9.17) is 9.68 Å². The van der Waals surface area contributed by atoms with Crippen LogP contribution in [0.2, 0.25) is 0 Å². The first-order valence-electron chi connectivity index (χ1n) is 9.77. The summed E-state index contributed by atoms with van der Waals surface area (Å²) in [6.07, 6.45) is 0. The molecule has 0 bridgehead atoms. The summed E-state index contributed by atoms with van der Waals surface area (Å²) in [4.78, 5) is 11.4. The van der Waals surface area contributed by atoms with Crippen molar-refractivity contribution >= 4 is 32.9 Å². The van der Waals surface area contributed by atoms with Crippen LogP contribution in [0.5, 0.6) is 11.5 Å². The third kappa shape index (κ3) is 3.98. The van der Waals surface area contributed by atoms with Gasteiger partial charge in [-0.1, -0.05) is 60.7 Å². The van der Waals surface area contributed by atoms with Gasteiger partial charge in [0.05, 0.1) is 11.4 Å². The van der Waals surface area contributed by atoms with Crippen molar-refractivity contribution in [2.45, 2.75) is 0 Å². The minimum Gasteiger partial charge on any atom is -0.382 e. The maximum Gasteiger partial charge on any atom is 0.155 e. The topological polar surface area (TPSA) is 42.5 Å². The Morgan fingerprint density at radius 2 is 0.800 bits per heavy atom. The summed E-state index contributed by atoms with van der Waals surface area (Å²) in [5.41, 5.74) is 7.65. The molecule has 0 saturated carbocycles. The first-order chi connectivity index (χ1) is 14.8. The van der Waals surface area contributed by atoms with E-state index in [0.29, 0.717) is 0 Å². The summed E-state index contributed by atoms with van der Waals surface area (Å²) in [5, 5.41) is 4.66. The van der Waals surface area contributed by atoms with Gasteiger partial charge in [0.15, 0.2) is 11.5 Å². The minimum absolute atomic E-state index is 0.760. The van der Waals surface area contributed by atoms with Gasteiger partial charge in [0, 0.05) is 0 Å². The van der Waals surface area contributed by atoms with Crippen LogP contribution in [0.4, 0.5) is 11.4 Å². The molecule has 2 N–H and O–H groups in total. The molecule has 0 unspecified atom stereocenters. The van der Waals surface area contributed by atoms with E-state index >= 15 is 0 Å². The minimum atomic E-state index is 0.760. The zero-order valence-electron chi connectivity index (χ0n) is 16.2. The fourth-order valence-electron chi connectivity index (χ4n) is 3.30. The van der Waals surface area contributed by atoms with E-state index in [1.54, 1.807) is 0 Å². The van der Waals surface area contributed by atoms with Crippen molar-refractivity contribution < 1.29 is 9.68 Å². The molecule has 0 heterocycles. The van der Waals surface area contributed by atoms with Gasteiger partial charge in [-0.25, -0.2) is 11.0 Å². The van der Waals surface area contributed by atoms with Crippen LogP contribution < -0.4 is 20.6 Å². The number of hydrogen-bond acceptors (Lipinski definition) is 4. The van der Waals surface area contributed by atoms with Gasteiger partial charge in [0.25, 0.3) is 0 Å². The van der Waals surface area contributed by atoms with Crippen molar-refractivity contribution in [1.29, 1.82) is 0 Å². The van der Waals surface area contributed by atoms with Crippen LogP contribution in [-0.4, -0.2) is 0 Å². The molecule has 146 valence electrons. The van der Waals surface area contributed by atoms with Crippen molar-refractivity contribution in [3.8, 4) is 11.5 Å². The Morgan fingerprint density at radius 3 is 1.23 bits per heavy atom. The molecule has 0 fully saturated rings. The Hall–Kier alpha value is -4.18. The average Bonchev–Trinajstić information content (AvgIpc) is 2.82. The molecule has 4 heteroatoms. The average molecular weight is 392 g/mol. The second-order valence-electron chi connectivity index (χ2n) is 7.00. The molecule has 0 atom stereocenters. The highest BCUT2D eigenvalue weighted by molar-refractivity contribution is 5.84. The van der Waals surface area contributed by atoms with Crippen LogP contribution in [0.25, 0.3) is 21.5 Å². The van der Waals surface area contributed by atoms with E-state index in [2.05, 4.69) is 35.2 Å². The standard InChI is InChI=1S/C26H20N2O2/c1-3-7-21-17-25(15-9-19(21)5-1)29-27-23-11-13-24(14-12-23)28-30-26-16-10-20-6-2-4-8-22(20)18-26/h1-18,27-28H. The smallest absolute Gasteiger partial charge is 0.155 e. The molecule has 30 heavy (non-hydrogen) atoms. The Morgan fingerprint density at radius 1 is 0.400 bits per heavy atom. The van der Waals surface area contributed by atoms with Gasteiger partial charge in [-0.15, -0.1) is 0 Å². The van der Waals surface area contributed by atoms with Gasteiger partial charge in [0.1, 0.15) is 0 Å². The number of fused-ring (bicyclic) bond motifs is 2. The molecule has 0 aliphatic heterocycles. The van der Waals surface area contributed by atoms with Crippen LogP contribution in [0.15, 0.2) is 109 Å². The summed E-state index contributed by atoms with van der Waals surface area (Å²) in [5.74, 6) is 1.52. The molecule has 0 aliphatic carbocycles. The third-order valence-electron chi connectivity index (χ3n) is 4.90. The summed E-state index contributed by atoms with van der Waals surface area (Å²) in [6.45, 7) is 0. The monoisotopic (exact) mass is 392 g/mol. The summed E-state index contributed by atoms with van der Waals surface area (Å²) < 4.78 is 0. The third-order valence-corrected chi connectivity index (χ3v) is 4.90. The van der Waals surface area contributed by atoms with E-state index in [1.165, 1.54) is 10.8 Å². The van der Waals surface area contributed by atoms with Crippen molar-refractivity contribution in [3.63, 3.8) is 0 Å². The second-order valence-corrected chi connectivity index (χ2v) is 7.00. The molecular formula is C26H20N2O2. The van der Waals surface area contributed by atoms with E-state index < -0.39 is 0 Å². The van der Waals surface area contributed by atoms with Crippen LogP contribution >= 0.6 is 0 Å². The molecule has 0 aromatic heterocycles. The number of anilines is 2. The maximum atomic E-state index is 5.71. The molecule has 5 aromatic carbocycles. The lowest BCUT2D eigenvalue weighted by molar-refractivity contribution is 0.403. The van der Waals surface area contributed by atoms with Crippen LogP contribution in [0.3, 0.4) is 0 Å². The van der Waals surface area contributed by atoms with Gasteiger partial charge in [-0.3, -0.25) is 0 Å². The number of nitrogens with one attached hydrogen (secondary N) is 2. The Bertz CT molecular complexity index is 1200. The second kappa shape index (κ2) is 8.05. The molecular weight excluding hydrogens is 372 g/mol. The largest absolute Gasteiger partial charge is 0.382 e. The number of benzene rings is 5. The van der Waals surface area contributed by atoms with Crippen molar-refractivity contribution in [2.75, 3.05) is 11.0 Å². The molecule has 5 aromatic rings. The van der Waals surface area contributed by atoms with E-state index in [0.717, 1.165) is 33.6 Å². The van der Waals surface area contributed by atoms with Crippen LogP contribution in [0, 0.1) is 0 Å². The predicted octanol–water partition coefficient (Wildman–Crippen LogP) is 6.80. The summed E-state index contributed by atoms with van der Waals surface area (Å²) in [6, 6.07) is 36.1. The molecule has 0 aliphatic rings. The first kappa shape index (κ1) is 17.9. The van der Waals surface area contributed by atoms with Gasteiger partial charge in [-0.2, -0.15) is 0 Å². The molecule has 0 amide bonds. The van der Waals surface area contributed by atoms with Crippen LogP contribution in [-0.2, 0) is 0 Å². The Kier molecular flexibility index (Phi) is 4.80. The molecule has 4 nitrogen and oxygen atoms in total. The van der Waals surface area contributed by atoms with Gasteiger partial charge >= 0.3 is 0 Å². The van der Waals surface area contributed by atoms with Gasteiger partial charge in [-0.05, 0) is 70.1 Å². The van der Waals surface area contributed by atoms with E-state index in [-0.39, 0.29) is 0 Å². The highest BCUT2D eigenvalue weighted by Gasteiger charge is 2.01. The molecule has 5 rings (SSSR count). The fourth-order valence-corrected chi connectivity index (χ4v) is 3.30. The lowest BCUT2D eigenvalue weighted by Crippen LogP contribution is -2.06. The van der Waals surface area contributed by atoms with Crippen molar-refractivity contribution in [1.82, 2.24) is 0 Å². The van der Waals surface area contributed by atoms with Crippen molar-refractivity contribution in [2.24, 2.45) is 0 Å². The zero-order valence-corrected chi connectivity index (χ0v) is 16.2.